The van der Waals surface area contributed by atoms with Crippen molar-refractivity contribution in [3.05, 3.63) is 58.1 Å². The van der Waals surface area contributed by atoms with Gasteiger partial charge in [0.1, 0.15) is 17.2 Å². The minimum atomic E-state index is -0.518. The molecule has 3 heterocycles. The van der Waals surface area contributed by atoms with E-state index in [9.17, 15) is 14.0 Å². The molecular formula is C27H29FN6O2. The first-order valence-electron chi connectivity index (χ1n) is 12.6. The summed E-state index contributed by atoms with van der Waals surface area (Å²) >= 11 is 0. The summed E-state index contributed by atoms with van der Waals surface area (Å²) in [6.45, 7) is 3.26. The first kappa shape index (κ1) is 22.7. The summed E-state index contributed by atoms with van der Waals surface area (Å²) in [4.78, 5) is 40.8. The molecule has 1 saturated heterocycles. The van der Waals surface area contributed by atoms with Gasteiger partial charge in [0.05, 0.1) is 27.6 Å². The summed E-state index contributed by atoms with van der Waals surface area (Å²) in [5.74, 6) is -0.295. The maximum Gasteiger partial charge on any atom is 0.261 e. The smallest absolute Gasteiger partial charge is 0.261 e. The van der Waals surface area contributed by atoms with Crippen LogP contribution in [0.1, 0.15) is 42.5 Å². The molecule has 4 aromatic rings. The van der Waals surface area contributed by atoms with Crippen molar-refractivity contribution in [1.29, 1.82) is 0 Å². The standard InChI is InChI=1S/C27H29FN6O2/c28-18-7-4-8-20-22(18)24(29)23(26(35)32-20)25-30-19-10-9-16(15-21(19)31-25)27(36)34-13-11-33(12-14-34)17-5-2-1-3-6-17/h4,7-10,15,17H,1-3,5-6,11-14H2,(H,30,31)(H3,29,32,35). The van der Waals surface area contributed by atoms with E-state index in [1.165, 1.54) is 44.2 Å². The quantitative estimate of drug-likeness (QED) is 0.405. The predicted octanol–water partition coefficient (Wildman–Crippen LogP) is 3.88. The van der Waals surface area contributed by atoms with Crippen LogP contribution in [-0.4, -0.2) is 62.9 Å². The Labute approximate surface area is 207 Å². The number of halogens is 1. The lowest BCUT2D eigenvalue weighted by molar-refractivity contribution is 0.0523. The first-order valence-corrected chi connectivity index (χ1v) is 12.6. The fourth-order valence-electron chi connectivity index (χ4n) is 5.75. The molecule has 0 atom stereocenters. The average Bonchev–Trinajstić information content (AvgIpc) is 3.31. The summed E-state index contributed by atoms with van der Waals surface area (Å²) in [6.07, 6.45) is 6.49. The predicted molar refractivity (Wildman–Crippen MR) is 138 cm³/mol. The zero-order chi connectivity index (χ0) is 24.8. The zero-order valence-corrected chi connectivity index (χ0v) is 20.0. The number of rotatable bonds is 3. The maximum atomic E-state index is 14.4. The number of hydrogen-bond acceptors (Lipinski definition) is 5. The van der Waals surface area contributed by atoms with Gasteiger partial charge in [-0.2, -0.15) is 0 Å². The monoisotopic (exact) mass is 488 g/mol. The van der Waals surface area contributed by atoms with Crippen molar-refractivity contribution in [2.45, 2.75) is 38.1 Å². The fourth-order valence-corrected chi connectivity index (χ4v) is 5.75. The normalized spacial score (nSPS) is 17.8. The van der Waals surface area contributed by atoms with E-state index in [1.54, 1.807) is 24.3 Å². The van der Waals surface area contributed by atoms with Crippen molar-refractivity contribution >= 4 is 33.5 Å². The summed E-state index contributed by atoms with van der Waals surface area (Å²) in [5, 5.41) is 0.149. The second kappa shape index (κ2) is 9.05. The number of benzene rings is 2. The second-order valence-corrected chi connectivity index (χ2v) is 9.84. The average molecular weight is 489 g/mol. The Kier molecular flexibility index (Phi) is 5.72. The van der Waals surface area contributed by atoms with E-state index in [0.29, 0.717) is 28.2 Å². The number of piperazine rings is 1. The Hall–Kier alpha value is -3.72. The topological polar surface area (TPSA) is 111 Å². The summed E-state index contributed by atoms with van der Waals surface area (Å²) in [7, 11) is 0. The van der Waals surface area contributed by atoms with E-state index in [2.05, 4.69) is 19.9 Å². The van der Waals surface area contributed by atoms with Gasteiger partial charge in [0, 0.05) is 37.8 Å². The number of hydrogen-bond donors (Lipinski definition) is 3. The van der Waals surface area contributed by atoms with Crippen molar-refractivity contribution < 1.29 is 9.18 Å². The Morgan fingerprint density at radius 3 is 2.56 bits per heavy atom. The van der Waals surface area contributed by atoms with Crippen LogP contribution in [0.5, 0.6) is 0 Å². The molecule has 36 heavy (non-hydrogen) atoms. The van der Waals surface area contributed by atoms with Crippen LogP contribution in [0.15, 0.2) is 41.2 Å². The fraction of sp³-hybridized carbons (Fsp3) is 0.370. The third kappa shape index (κ3) is 3.93. The number of aromatic amines is 2. The molecule has 0 bridgehead atoms. The van der Waals surface area contributed by atoms with Crippen LogP contribution in [0.2, 0.25) is 0 Å². The number of H-pyrrole nitrogens is 2. The highest BCUT2D eigenvalue weighted by atomic mass is 19.1. The lowest BCUT2D eigenvalue weighted by atomic mass is 9.94. The van der Waals surface area contributed by atoms with Gasteiger partial charge in [0.15, 0.2) is 0 Å². The number of amides is 1. The van der Waals surface area contributed by atoms with Crippen molar-refractivity contribution in [2.75, 3.05) is 31.9 Å². The molecule has 2 fully saturated rings. The largest absolute Gasteiger partial charge is 0.397 e. The van der Waals surface area contributed by atoms with Crippen LogP contribution < -0.4 is 11.3 Å². The molecule has 1 aliphatic heterocycles. The molecule has 2 aromatic heterocycles. The Morgan fingerprint density at radius 2 is 1.78 bits per heavy atom. The highest BCUT2D eigenvalue weighted by Gasteiger charge is 2.28. The lowest BCUT2D eigenvalue weighted by Crippen LogP contribution is -2.52. The Bertz CT molecular complexity index is 1510. The molecule has 0 unspecified atom stereocenters. The molecule has 2 aliphatic rings. The number of carbonyl (C=O) groups is 1. The molecule has 186 valence electrons. The molecule has 6 rings (SSSR count). The minimum Gasteiger partial charge on any atom is -0.397 e. The molecule has 0 spiro atoms. The lowest BCUT2D eigenvalue weighted by Gasteiger charge is -2.40. The van der Waals surface area contributed by atoms with Gasteiger partial charge in [0.25, 0.3) is 11.5 Å². The van der Waals surface area contributed by atoms with E-state index in [1.807, 2.05) is 4.90 Å². The van der Waals surface area contributed by atoms with Gasteiger partial charge in [0.2, 0.25) is 0 Å². The van der Waals surface area contributed by atoms with E-state index in [-0.39, 0.29) is 28.4 Å². The molecule has 1 amide bonds. The number of fused-ring (bicyclic) bond motifs is 2. The number of imidazole rings is 1. The van der Waals surface area contributed by atoms with Gasteiger partial charge in [-0.15, -0.1) is 0 Å². The number of anilines is 1. The second-order valence-electron chi connectivity index (χ2n) is 9.84. The number of nitrogens with two attached hydrogens (primary N) is 1. The third-order valence-electron chi connectivity index (χ3n) is 7.69. The minimum absolute atomic E-state index is 0.0125. The van der Waals surface area contributed by atoms with Crippen LogP contribution in [0, 0.1) is 5.82 Å². The van der Waals surface area contributed by atoms with Crippen molar-refractivity contribution in [3.8, 4) is 11.4 Å². The van der Waals surface area contributed by atoms with Crippen LogP contribution in [-0.2, 0) is 0 Å². The highest BCUT2D eigenvalue weighted by molar-refractivity contribution is 6.00. The van der Waals surface area contributed by atoms with Crippen LogP contribution in [0.25, 0.3) is 33.3 Å². The van der Waals surface area contributed by atoms with E-state index >= 15 is 0 Å². The van der Waals surface area contributed by atoms with Gasteiger partial charge >= 0.3 is 0 Å². The molecule has 2 aromatic carbocycles. The molecular weight excluding hydrogens is 459 g/mol. The number of pyridine rings is 1. The van der Waals surface area contributed by atoms with Crippen molar-refractivity contribution in [2.24, 2.45) is 0 Å². The van der Waals surface area contributed by atoms with E-state index in [4.69, 9.17) is 5.73 Å². The highest BCUT2D eigenvalue weighted by Crippen LogP contribution is 2.30. The number of carbonyl (C=O) groups excluding carboxylic acids is 1. The maximum absolute atomic E-state index is 14.4. The molecule has 9 heteroatoms. The van der Waals surface area contributed by atoms with Gasteiger partial charge in [-0.3, -0.25) is 14.5 Å². The van der Waals surface area contributed by atoms with Crippen LogP contribution >= 0.6 is 0 Å². The third-order valence-corrected chi connectivity index (χ3v) is 7.69. The van der Waals surface area contributed by atoms with Gasteiger partial charge in [-0.05, 0) is 43.2 Å². The SMILES string of the molecule is Nc1c(-c2nc3ccc(C(=O)N4CCN(C5CCCCC5)CC4)cc3[nH]2)c(=O)[nH]c2cccc(F)c12. The summed E-state index contributed by atoms with van der Waals surface area (Å²) in [5.41, 5.74) is 7.98. The Balaban J connectivity index is 1.25. The van der Waals surface area contributed by atoms with E-state index in [0.717, 1.165) is 26.2 Å². The number of aromatic nitrogens is 3. The summed E-state index contributed by atoms with van der Waals surface area (Å²) in [6, 6.07) is 10.4. The van der Waals surface area contributed by atoms with E-state index < -0.39 is 11.4 Å². The zero-order valence-electron chi connectivity index (χ0n) is 20.0. The molecule has 4 N–H and O–H groups in total. The van der Waals surface area contributed by atoms with Gasteiger partial charge in [-0.1, -0.05) is 25.3 Å². The Morgan fingerprint density at radius 1 is 1.00 bits per heavy atom. The molecule has 8 nitrogen and oxygen atoms in total. The van der Waals surface area contributed by atoms with Gasteiger partial charge < -0.3 is 20.6 Å². The van der Waals surface area contributed by atoms with Crippen molar-refractivity contribution in [3.63, 3.8) is 0 Å². The molecule has 0 radical (unpaired) electrons. The van der Waals surface area contributed by atoms with Crippen LogP contribution in [0.3, 0.4) is 0 Å². The number of nitrogen functional groups attached to an aromatic ring is 1. The van der Waals surface area contributed by atoms with Crippen molar-refractivity contribution in [1.82, 2.24) is 24.8 Å². The number of nitrogens with one attached hydrogen (secondary N) is 2. The summed E-state index contributed by atoms with van der Waals surface area (Å²) < 4.78 is 14.4. The first-order chi connectivity index (χ1) is 17.5. The van der Waals surface area contributed by atoms with Crippen LogP contribution in [0.4, 0.5) is 10.1 Å². The number of nitrogens with zero attached hydrogens (tertiary/aromatic N) is 3. The van der Waals surface area contributed by atoms with Gasteiger partial charge in [-0.25, -0.2) is 9.37 Å². The molecule has 1 aliphatic carbocycles. The molecule has 1 saturated carbocycles.